The molecule has 2 aromatic heterocycles. The molecular weight excluding hydrogens is 344 g/mol. The molecular formula is C16H12N4O4S. The molecule has 25 heavy (non-hydrogen) atoms. The SMILES string of the molecule is COc1cc([N+](=O)[O-])c2nc(Nc3nc4cc(C)ccc4o3)sc2c1. The Morgan fingerprint density at radius 2 is 2.12 bits per heavy atom. The topological polar surface area (TPSA) is 103 Å². The lowest BCUT2D eigenvalue weighted by Crippen LogP contribution is -1.92. The molecule has 0 radical (unpaired) electrons. The second-order valence-electron chi connectivity index (χ2n) is 5.38. The first kappa shape index (κ1) is 15.3. The molecule has 2 heterocycles. The minimum Gasteiger partial charge on any atom is -0.496 e. The molecule has 2 aromatic carbocycles. The van der Waals surface area contributed by atoms with Crippen molar-refractivity contribution in [3.05, 3.63) is 46.0 Å². The quantitative estimate of drug-likeness (QED) is 0.427. The Bertz CT molecular complexity index is 1120. The Kier molecular flexibility index (Phi) is 3.50. The summed E-state index contributed by atoms with van der Waals surface area (Å²) >= 11 is 1.26. The maximum absolute atomic E-state index is 11.3. The zero-order valence-electron chi connectivity index (χ0n) is 13.3. The van der Waals surface area contributed by atoms with E-state index in [9.17, 15) is 10.1 Å². The van der Waals surface area contributed by atoms with E-state index >= 15 is 0 Å². The average molecular weight is 356 g/mol. The molecule has 0 aliphatic heterocycles. The first-order valence-electron chi connectivity index (χ1n) is 7.30. The lowest BCUT2D eigenvalue weighted by Gasteiger charge is -1.99. The van der Waals surface area contributed by atoms with Gasteiger partial charge in [0.1, 0.15) is 11.3 Å². The molecule has 126 valence electrons. The lowest BCUT2D eigenvalue weighted by molar-refractivity contribution is -0.383. The van der Waals surface area contributed by atoms with Crippen LogP contribution in [0, 0.1) is 17.0 Å². The van der Waals surface area contributed by atoms with Gasteiger partial charge in [0.15, 0.2) is 16.2 Å². The maximum atomic E-state index is 11.3. The number of methoxy groups -OCH3 is 1. The first-order valence-corrected chi connectivity index (χ1v) is 8.12. The van der Waals surface area contributed by atoms with Gasteiger partial charge >= 0.3 is 6.01 Å². The molecule has 0 fully saturated rings. The minimum absolute atomic E-state index is 0.105. The number of hydrogen-bond acceptors (Lipinski definition) is 8. The van der Waals surface area contributed by atoms with Crippen LogP contribution in [-0.2, 0) is 0 Å². The summed E-state index contributed by atoms with van der Waals surface area (Å²) in [6, 6.07) is 9.04. The van der Waals surface area contributed by atoms with Crippen LogP contribution < -0.4 is 10.1 Å². The molecule has 0 unspecified atom stereocenters. The van der Waals surface area contributed by atoms with Crippen LogP contribution in [0.25, 0.3) is 21.3 Å². The van der Waals surface area contributed by atoms with Gasteiger partial charge in [-0.15, -0.1) is 0 Å². The molecule has 9 heteroatoms. The van der Waals surface area contributed by atoms with Crippen LogP contribution in [0.4, 0.5) is 16.8 Å². The summed E-state index contributed by atoms with van der Waals surface area (Å²) in [4.78, 5) is 19.5. The smallest absolute Gasteiger partial charge is 0.302 e. The third-order valence-electron chi connectivity index (χ3n) is 3.64. The number of nitro benzene ring substituents is 1. The van der Waals surface area contributed by atoms with Crippen molar-refractivity contribution in [1.82, 2.24) is 9.97 Å². The fourth-order valence-electron chi connectivity index (χ4n) is 2.48. The van der Waals surface area contributed by atoms with Gasteiger partial charge in [0.25, 0.3) is 5.69 Å². The van der Waals surface area contributed by atoms with E-state index in [0.717, 1.165) is 11.1 Å². The van der Waals surface area contributed by atoms with Gasteiger partial charge in [-0.05, 0) is 24.6 Å². The van der Waals surface area contributed by atoms with Crippen molar-refractivity contribution >= 4 is 49.5 Å². The van der Waals surface area contributed by atoms with Crippen molar-refractivity contribution in [2.24, 2.45) is 0 Å². The van der Waals surface area contributed by atoms with Crippen LogP contribution in [0.15, 0.2) is 34.7 Å². The summed E-state index contributed by atoms with van der Waals surface area (Å²) in [5.41, 5.74) is 2.66. The molecule has 0 bridgehead atoms. The first-order chi connectivity index (χ1) is 12.0. The molecule has 0 spiro atoms. The van der Waals surface area contributed by atoms with Gasteiger partial charge in [-0.3, -0.25) is 15.4 Å². The molecule has 0 saturated carbocycles. The molecule has 0 aliphatic rings. The fourth-order valence-corrected chi connectivity index (χ4v) is 3.39. The number of anilines is 2. The summed E-state index contributed by atoms with van der Waals surface area (Å²) in [7, 11) is 1.46. The normalized spacial score (nSPS) is 11.1. The summed E-state index contributed by atoms with van der Waals surface area (Å²) in [5, 5.41) is 14.7. The van der Waals surface area contributed by atoms with E-state index in [1.807, 2.05) is 25.1 Å². The van der Waals surface area contributed by atoms with E-state index in [1.165, 1.54) is 24.5 Å². The zero-order valence-corrected chi connectivity index (χ0v) is 14.1. The number of aromatic nitrogens is 2. The highest BCUT2D eigenvalue weighted by Crippen LogP contribution is 2.37. The maximum Gasteiger partial charge on any atom is 0.302 e. The number of oxazole rings is 1. The number of fused-ring (bicyclic) bond motifs is 2. The van der Waals surface area contributed by atoms with Gasteiger partial charge in [-0.2, -0.15) is 4.98 Å². The number of nitrogens with zero attached hydrogens (tertiary/aromatic N) is 3. The molecule has 4 rings (SSSR count). The lowest BCUT2D eigenvalue weighted by atomic mass is 10.2. The highest BCUT2D eigenvalue weighted by Gasteiger charge is 2.19. The average Bonchev–Trinajstić information content (AvgIpc) is 3.15. The van der Waals surface area contributed by atoms with Crippen LogP contribution >= 0.6 is 11.3 Å². The Morgan fingerprint density at radius 3 is 2.88 bits per heavy atom. The summed E-state index contributed by atoms with van der Waals surface area (Å²) in [6.45, 7) is 1.97. The summed E-state index contributed by atoms with van der Waals surface area (Å²) in [6.07, 6.45) is 0. The number of aryl methyl sites for hydroxylation is 1. The number of nitrogens with one attached hydrogen (secondary N) is 1. The van der Waals surface area contributed by atoms with Crippen LogP contribution in [0.3, 0.4) is 0 Å². The third kappa shape index (κ3) is 2.74. The predicted molar refractivity (Wildman–Crippen MR) is 94.9 cm³/mol. The van der Waals surface area contributed by atoms with Crippen LogP contribution in [-0.4, -0.2) is 22.0 Å². The number of benzene rings is 2. The monoisotopic (exact) mass is 356 g/mol. The molecule has 4 aromatic rings. The molecule has 8 nitrogen and oxygen atoms in total. The van der Waals surface area contributed by atoms with Crippen LogP contribution in [0.1, 0.15) is 5.56 Å². The minimum atomic E-state index is -0.476. The largest absolute Gasteiger partial charge is 0.496 e. The van der Waals surface area contributed by atoms with Gasteiger partial charge in [0, 0.05) is 6.07 Å². The van der Waals surface area contributed by atoms with E-state index in [2.05, 4.69) is 15.3 Å². The van der Waals surface area contributed by atoms with E-state index in [0.29, 0.717) is 26.7 Å². The second kappa shape index (κ2) is 5.71. The fraction of sp³-hybridized carbons (Fsp3) is 0.125. The molecule has 0 amide bonds. The van der Waals surface area contributed by atoms with E-state index < -0.39 is 4.92 Å². The van der Waals surface area contributed by atoms with Crippen LogP contribution in [0.5, 0.6) is 5.75 Å². The number of nitro groups is 1. The number of ether oxygens (including phenoxy) is 1. The van der Waals surface area contributed by atoms with Gasteiger partial charge in [0.2, 0.25) is 0 Å². The highest BCUT2D eigenvalue weighted by molar-refractivity contribution is 7.22. The Morgan fingerprint density at radius 1 is 1.28 bits per heavy atom. The summed E-state index contributed by atoms with van der Waals surface area (Å²) < 4.78 is 11.4. The Hall–Kier alpha value is -3.20. The number of non-ortho nitro benzene ring substituents is 1. The van der Waals surface area contributed by atoms with Crippen molar-refractivity contribution in [3.63, 3.8) is 0 Å². The molecule has 0 atom stereocenters. The van der Waals surface area contributed by atoms with Gasteiger partial charge in [-0.1, -0.05) is 17.4 Å². The van der Waals surface area contributed by atoms with E-state index in [-0.39, 0.29) is 11.7 Å². The second-order valence-corrected chi connectivity index (χ2v) is 6.42. The van der Waals surface area contributed by atoms with Crippen molar-refractivity contribution in [2.75, 3.05) is 12.4 Å². The van der Waals surface area contributed by atoms with Crippen molar-refractivity contribution in [2.45, 2.75) is 6.92 Å². The van der Waals surface area contributed by atoms with E-state index in [1.54, 1.807) is 6.07 Å². The third-order valence-corrected chi connectivity index (χ3v) is 4.56. The van der Waals surface area contributed by atoms with Crippen LogP contribution in [0.2, 0.25) is 0 Å². The number of hydrogen-bond donors (Lipinski definition) is 1. The summed E-state index contributed by atoms with van der Waals surface area (Å²) in [5.74, 6) is 0.409. The van der Waals surface area contributed by atoms with Crippen molar-refractivity contribution in [1.29, 1.82) is 0 Å². The van der Waals surface area contributed by atoms with Crippen molar-refractivity contribution in [3.8, 4) is 5.75 Å². The number of thiazole rings is 1. The zero-order chi connectivity index (χ0) is 17.6. The Balaban J connectivity index is 1.75. The van der Waals surface area contributed by atoms with Crippen molar-refractivity contribution < 1.29 is 14.1 Å². The van der Waals surface area contributed by atoms with E-state index in [4.69, 9.17) is 9.15 Å². The predicted octanol–water partition coefficient (Wildman–Crippen LogP) is 4.41. The number of rotatable bonds is 4. The highest BCUT2D eigenvalue weighted by atomic mass is 32.1. The standard InChI is InChI=1S/C16H12N4O4S/c1-8-3-4-12-10(5-8)17-15(24-12)19-16-18-14-11(20(21)22)6-9(23-2)7-13(14)25-16/h3-7H,1-2H3,(H,17,18,19). The van der Waals surface area contributed by atoms with Gasteiger partial charge in [-0.25, -0.2) is 4.98 Å². The van der Waals surface area contributed by atoms with Gasteiger partial charge in [0.05, 0.1) is 22.8 Å². The Labute approximate surface area is 145 Å². The molecule has 0 saturated heterocycles. The molecule has 0 aliphatic carbocycles. The molecule has 1 N–H and O–H groups in total. The van der Waals surface area contributed by atoms with Gasteiger partial charge < -0.3 is 9.15 Å².